The van der Waals surface area contributed by atoms with Gasteiger partial charge in [0, 0.05) is 22.4 Å². The van der Waals surface area contributed by atoms with E-state index in [0.717, 1.165) is 16.2 Å². The van der Waals surface area contributed by atoms with Crippen LogP contribution in [-0.4, -0.2) is 11.7 Å². The summed E-state index contributed by atoms with van der Waals surface area (Å²) >= 11 is 4.12. The van der Waals surface area contributed by atoms with Crippen molar-refractivity contribution in [3.8, 4) is 0 Å². The van der Waals surface area contributed by atoms with Crippen LogP contribution in [0.4, 0.5) is 8.78 Å². The quantitative estimate of drug-likeness (QED) is 0.894. The van der Waals surface area contributed by atoms with E-state index in [1.54, 1.807) is 13.0 Å². The zero-order chi connectivity index (χ0) is 10.1. The minimum Gasteiger partial charge on any atom is -0.396 e. The summed E-state index contributed by atoms with van der Waals surface area (Å²) in [6.07, 6.45) is -0.522. The molecule has 1 N–H and O–H groups in total. The Morgan fingerprint density at radius 1 is 1.62 bits per heavy atom. The van der Waals surface area contributed by atoms with Gasteiger partial charge in [-0.25, -0.2) is 8.78 Å². The van der Waals surface area contributed by atoms with Gasteiger partial charge in [-0.1, -0.05) is 0 Å². The monoisotopic (exact) mass is 270 g/mol. The molecule has 1 aromatic rings. The Morgan fingerprint density at radius 3 is 2.62 bits per heavy atom. The zero-order valence-electron chi connectivity index (χ0n) is 6.98. The highest BCUT2D eigenvalue weighted by atomic mass is 79.9. The van der Waals surface area contributed by atoms with Crippen LogP contribution in [-0.2, 0) is 5.92 Å². The van der Waals surface area contributed by atoms with E-state index in [9.17, 15) is 8.78 Å². The van der Waals surface area contributed by atoms with E-state index in [-0.39, 0.29) is 4.88 Å². The molecule has 0 saturated carbocycles. The van der Waals surface area contributed by atoms with Crippen LogP contribution in [0.3, 0.4) is 0 Å². The first-order chi connectivity index (χ1) is 5.97. The molecule has 0 saturated heterocycles. The summed E-state index contributed by atoms with van der Waals surface area (Å²) in [5.41, 5.74) is 0. The van der Waals surface area contributed by atoms with Crippen LogP contribution in [0.5, 0.6) is 0 Å². The van der Waals surface area contributed by atoms with E-state index in [1.807, 2.05) is 0 Å². The number of rotatable bonds is 3. The van der Waals surface area contributed by atoms with Gasteiger partial charge in [0.2, 0.25) is 0 Å². The Kier molecular flexibility index (Phi) is 3.43. The fraction of sp³-hybridized carbons (Fsp3) is 0.500. The predicted molar refractivity (Wildman–Crippen MR) is 52.4 cm³/mol. The van der Waals surface area contributed by atoms with E-state index in [4.69, 9.17) is 5.11 Å². The van der Waals surface area contributed by atoms with Crippen molar-refractivity contribution < 1.29 is 13.9 Å². The van der Waals surface area contributed by atoms with Crippen molar-refractivity contribution in [3.05, 3.63) is 20.3 Å². The fourth-order valence-corrected chi connectivity index (χ4v) is 2.92. The molecule has 0 radical (unpaired) electrons. The second kappa shape index (κ2) is 4.02. The van der Waals surface area contributed by atoms with Crippen LogP contribution in [0.2, 0.25) is 0 Å². The van der Waals surface area contributed by atoms with E-state index in [0.29, 0.717) is 4.47 Å². The Bertz CT molecular complexity index is 298. The van der Waals surface area contributed by atoms with Gasteiger partial charge in [0.15, 0.2) is 0 Å². The van der Waals surface area contributed by atoms with Crippen molar-refractivity contribution >= 4 is 27.3 Å². The Morgan fingerprint density at radius 2 is 2.23 bits per heavy atom. The molecule has 1 rings (SSSR count). The summed E-state index contributed by atoms with van der Waals surface area (Å²) in [5, 5.41) is 8.47. The molecule has 1 aromatic heterocycles. The van der Waals surface area contributed by atoms with Gasteiger partial charge >= 0.3 is 0 Å². The number of hydrogen-bond acceptors (Lipinski definition) is 2. The summed E-state index contributed by atoms with van der Waals surface area (Å²) in [5.74, 6) is -2.92. The van der Waals surface area contributed by atoms with E-state index in [2.05, 4.69) is 15.9 Å². The van der Waals surface area contributed by atoms with Gasteiger partial charge in [0.1, 0.15) is 0 Å². The molecule has 1 nitrogen and oxygen atoms in total. The van der Waals surface area contributed by atoms with Crippen LogP contribution in [0, 0.1) is 6.92 Å². The van der Waals surface area contributed by atoms with Gasteiger partial charge in [0.05, 0.1) is 4.88 Å². The molecule has 0 spiro atoms. The summed E-state index contributed by atoms with van der Waals surface area (Å²) in [7, 11) is 0. The second-order valence-corrected chi connectivity index (χ2v) is 4.82. The molecule has 0 fully saturated rings. The van der Waals surface area contributed by atoms with Gasteiger partial charge in [-0.3, -0.25) is 0 Å². The normalized spacial score (nSPS) is 12.1. The van der Waals surface area contributed by atoms with Gasteiger partial charge in [-0.2, -0.15) is 0 Å². The SMILES string of the molecule is Cc1cc(Br)c(C(F)(F)CCO)s1. The van der Waals surface area contributed by atoms with Crippen LogP contribution in [0.25, 0.3) is 0 Å². The molecular formula is C8H9BrF2OS. The lowest BCUT2D eigenvalue weighted by Gasteiger charge is -2.13. The summed E-state index contributed by atoms with van der Waals surface area (Å²) < 4.78 is 26.9. The lowest BCUT2D eigenvalue weighted by Crippen LogP contribution is -2.13. The van der Waals surface area contributed by atoms with Crippen LogP contribution in [0.15, 0.2) is 10.5 Å². The number of thiophene rings is 1. The van der Waals surface area contributed by atoms with Crippen molar-refractivity contribution in [2.24, 2.45) is 0 Å². The van der Waals surface area contributed by atoms with Crippen molar-refractivity contribution in [3.63, 3.8) is 0 Å². The maximum absolute atomic E-state index is 13.3. The molecule has 0 aliphatic heterocycles. The standard InChI is InChI=1S/C8H9BrF2OS/c1-5-4-6(9)7(13-5)8(10,11)2-3-12/h4,12H,2-3H2,1H3. The molecule has 0 bridgehead atoms. The first-order valence-corrected chi connectivity index (χ1v) is 5.33. The number of alkyl halides is 2. The lowest BCUT2D eigenvalue weighted by atomic mass is 10.2. The predicted octanol–water partition coefficient (Wildman–Crippen LogP) is 3.29. The van der Waals surface area contributed by atoms with Gasteiger partial charge in [0.25, 0.3) is 5.92 Å². The third kappa shape index (κ3) is 2.48. The van der Waals surface area contributed by atoms with Gasteiger partial charge in [-0.05, 0) is 28.9 Å². The second-order valence-electron chi connectivity index (χ2n) is 2.71. The van der Waals surface area contributed by atoms with Gasteiger partial charge < -0.3 is 5.11 Å². The topological polar surface area (TPSA) is 20.2 Å². The third-order valence-electron chi connectivity index (χ3n) is 1.57. The first kappa shape index (κ1) is 11.1. The maximum atomic E-state index is 13.3. The summed E-state index contributed by atoms with van der Waals surface area (Å²) in [4.78, 5) is 0.832. The molecule has 0 aliphatic carbocycles. The highest BCUT2D eigenvalue weighted by Gasteiger charge is 2.34. The number of aliphatic hydroxyl groups is 1. The van der Waals surface area contributed by atoms with Gasteiger partial charge in [-0.15, -0.1) is 11.3 Å². The highest BCUT2D eigenvalue weighted by molar-refractivity contribution is 9.10. The number of aliphatic hydroxyl groups excluding tert-OH is 1. The molecule has 0 amide bonds. The first-order valence-electron chi connectivity index (χ1n) is 3.72. The smallest absolute Gasteiger partial charge is 0.285 e. The third-order valence-corrected chi connectivity index (χ3v) is 3.62. The Balaban J connectivity index is 2.98. The fourth-order valence-electron chi connectivity index (χ4n) is 0.987. The number of aryl methyl sites for hydroxylation is 1. The zero-order valence-corrected chi connectivity index (χ0v) is 9.38. The van der Waals surface area contributed by atoms with Crippen molar-refractivity contribution in [1.82, 2.24) is 0 Å². The van der Waals surface area contributed by atoms with Crippen LogP contribution >= 0.6 is 27.3 Å². The van der Waals surface area contributed by atoms with E-state index < -0.39 is 19.0 Å². The minimum absolute atomic E-state index is 0.000880. The lowest BCUT2D eigenvalue weighted by molar-refractivity contribution is -0.0240. The van der Waals surface area contributed by atoms with E-state index >= 15 is 0 Å². The molecule has 0 aliphatic rings. The molecule has 5 heteroatoms. The molecule has 0 atom stereocenters. The number of halogens is 3. The summed E-state index contributed by atoms with van der Waals surface area (Å²) in [6, 6.07) is 1.66. The Hall–Kier alpha value is -0.0000000000000000555. The average molecular weight is 271 g/mol. The summed E-state index contributed by atoms with van der Waals surface area (Å²) in [6.45, 7) is 1.27. The van der Waals surface area contributed by atoms with E-state index in [1.165, 1.54) is 0 Å². The molecule has 13 heavy (non-hydrogen) atoms. The van der Waals surface area contributed by atoms with Crippen molar-refractivity contribution in [1.29, 1.82) is 0 Å². The maximum Gasteiger partial charge on any atom is 0.285 e. The molecule has 1 heterocycles. The highest BCUT2D eigenvalue weighted by Crippen LogP contribution is 2.41. The van der Waals surface area contributed by atoms with Crippen LogP contribution in [0.1, 0.15) is 16.2 Å². The van der Waals surface area contributed by atoms with Crippen LogP contribution < -0.4 is 0 Å². The minimum atomic E-state index is -2.92. The molecule has 0 aromatic carbocycles. The molecule has 0 unspecified atom stereocenters. The molecule has 74 valence electrons. The number of hydrogen-bond donors (Lipinski definition) is 1. The largest absolute Gasteiger partial charge is 0.396 e. The average Bonchev–Trinajstić information content (AvgIpc) is 2.30. The Labute approximate surface area is 87.5 Å². The van der Waals surface area contributed by atoms with Crippen molar-refractivity contribution in [2.75, 3.05) is 6.61 Å². The molecular weight excluding hydrogens is 262 g/mol. The van der Waals surface area contributed by atoms with Crippen molar-refractivity contribution in [2.45, 2.75) is 19.3 Å².